The molecule has 1 aromatic carbocycles. The van der Waals surface area contributed by atoms with E-state index in [1.807, 2.05) is 11.4 Å². The fourth-order valence-corrected chi connectivity index (χ4v) is 4.25. The van der Waals surface area contributed by atoms with Crippen LogP contribution in [-0.2, 0) is 4.79 Å². The van der Waals surface area contributed by atoms with Gasteiger partial charge in [-0.05, 0) is 18.2 Å². The average Bonchev–Trinajstić information content (AvgIpc) is 3.17. The summed E-state index contributed by atoms with van der Waals surface area (Å²) in [6, 6.07) is 5.28. The molecule has 0 aliphatic heterocycles. The quantitative estimate of drug-likeness (QED) is 0.626. The Morgan fingerprint density at radius 3 is 2.91 bits per heavy atom. The predicted molar refractivity (Wildman–Crippen MR) is 96.8 cm³/mol. The molecule has 1 N–H and O–H groups in total. The molecule has 0 radical (unpaired) electrons. The van der Waals surface area contributed by atoms with E-state index < -0.39 is 0 Å². The third kappa shape index (κ3) is 4.42. The van der Waals surface area contributed by atoms with Crippen LogP contribution in [0.3, 0.4) is 0 Å². The van der Waals surface area contributed by atoms with Crippen molar-refractivity contribution in [3.05, 3.63) is 39.1 Å². The lowest BCUT2D eigenvalue weighted by Crippen LogP contribution is -2.13. The van der Waals surface area contributed by atoms with Gasteiger partial charge in [0.2, 0.25) is 11.0 Å². The minimum atomic E-state index is -0.145. The van der Waals surface area contributed by atoms with Crippen LogP contribution in [-0.4, -0.2) is 26.8 Å². The van der Waals surface area contributed by atoms with E-state index in [-0.39, 0.29) is 11.7 Å². The number of anilines is 1. The Labute approximate surface area is 154 Å². The molecular formula is C13H8Cl2N4OS3. The molecule has 0 aliphatic carbocycles. The fourth-order valence-electron chi connectivity index (χ4n) is 1.65. The van der Waals surface area contributed by atoms with E-state index in [0.717, 1.165) is 15.6 Å². The van der Waals surface area contributed by atoms with Crippen LogP contribution in [0.5, 0.6) is 0 Å². The summed E-state index contributed by atoms with van der Waals surface area (Å²) < 4.78 is 0.790. The van der Waals surface area contributed by atoms with E-state index in [9.17, 15) is 4.79 Å². The van der Waals surface area contributed by atoms with Gasteiger partial charge < -0.3 is 0 Å². The number of nitrogens with zero attached hydrogens (tertiary/aromatic N) is 3. The summed E-state index contributed by atoms with van der Waals surface area (Å²) in [5.74, 6) is 0.106. The van der Waals surface area contributed by atoms with Crippen LogP contribution in [0.2, 0.25) is 10.0 Å². The number of rotatable bonds is 5. The van der Waals surface area contributed by atoms with Crippen molar-refractivity contribution in [1.82, 2.24) is 15.2 Å². The molecule has 0 unspecified atom stereocenters. The summed E-state index contributed by atoms with van der Waals surface area (Å²) in [6.45, 7) is 0. The van der Waals surface area contributed by atoms with Gasteiger partial charge in [0.1, 0.15) is 5.51 Å². The van der Waals surface area contributed by atoms with Crippen molar-refractivity contribution >= 4 is 68.7 Å². The van der Waals surface area contributed by atoms with Crippen LogP contribution >= 0.6 is 57.6 Å². The third-order valence-corrected chi connectivity index (χ3v) is 5.80. The fraction of sp³-hybridized carbons (Fsp3) is 0.0769. The molecule has 0 aliphatic rings. The minimum absolute atomic E-state index is 0.145. The zero-order chi connectivity index (χ0) is 16.2. The zero-order valence-electron chi connectivity index (χ0n) is 11.3. The van der Waals surface area contributed by atoms with Crippen molar-refractivity contribution in [2.75, 3.05) is 11.1 Å². The van der Waals surface area contributed by atoms with Gasteiger partial charge in [0.25, 0.3) is 0 Å². The van der Waals surface area contributed by atoms with Crippen LogP contribution < -0.4 is 5.32 Å². The second-order valence-electron chi connectivity index (χ2n) is 4.20. The van der Waals surface area contributed by atoms with E-state index >= 15 is 0 Å². The number of benzene rings is 1. The van der Waals surface area contributed by atoms with Crippen LogP contribution in [0.15, 0.2) is 33.4 Å². The first-order chi connectivity index (χ1) is 11.1. The largest absolute Gasteiger partial charge is 0.300 e. The highest BCUT2D eigenvalue weighted by atomic mass is 35.5. The third-order valence-electron chi connectivity index (χ3n) is 2.62. The molecule has 2 aromatic heterocycles. The normalized spacial score (nSPS) is 10.7. The molecule has 0 spiro atoms. The van der Waals surface area contributed by atoms with Gasteiger partial charge in [0.15, 0.2) is 4.34 Å². The molecule has 118 valence electrons. The molecule has 0 saturated carbocycles. The Kier molecular flexibility index (Phi) is 5.50. The Bertz CT molecular complexity index is 823. The van der Waals surface area contributed by atoms with Gasteiger partial charge in [-0.25, -0.2) is 4.98 Å². The van der Waals surface area contributed by atoms with Gasteiger partial charge in [-0.2, -0.15) is 0 Å². The first-order valence-corrected chi connectivity index (χ1v) is 9.71. The summed E-state index contributed by atoms with van der Waals surface area (Å²) in [7, 11) is 0. The molecule has 2 heterocycles. The smallest absolute Gasteiger partial charge is 0.236 e. The lowest BCUT2D eigenvalue weighted by molar-refractivity contribution is -0.113. The second kappa shape index (κ2) is 7.59. The Morgan fingerprint density at radius 2 is 2.17 bits per heavy atom. The molecule has 0 atom stereocenters. The van der Waals surface area contributed by atoms with Crippen molar-refractivity contribution in [2.24, 2.45) is 0 Å². The van der Waals surface area contributed by atoms with Gasteiger partial charge >= 0.3 is 0 Å². The molecule has 5 nitrogen and oxygen atoms in total. The molecule has 1 amide bonds. The van der Waals surface area contributed by atoms with Gasteiger partial charge in [-0.15, -0.1) is 21.5 Å². The lowest BCUT2D eigenvalue weighted by Gasteiger charge is -2.01. The number of thiazole rings is 1. The number of hydrogen-bond acceptors (Lipinski definition) is 7. The van der Waals surface area contributed by atoms with Crippen LogP contribution in [0.25, 0.3) is 11.3 Å². The SMILES string of the molecule is O=C(CSc1nc(-c2ccc(Cl)cc2Cl)cs1)Nc1nncs1. The molecule has 0 fully saturated rings. The van der Waals surface area contributed by atoms with Crippen LogP contribution in [0, 0.1) is 0 Å². The highest BCUT2D eigenvalue weighted by Crippen LogP contribution is 2.33. The van der Waals surface area contributed by atoms with Crippen molar-refractivity contribution in [3.8, 4) is 11.3 Å². The number of aromatic nitrogens is 3. The standard InChI is InChI=1S/C13H8Cl2N4OS3/c14-7-1-2-8(9(15)3-7)10-4-21-13(17-10)22-5-11(20)18-12-19-16-6-23-12/h1-4,6H,5H2,(H,18,19,20). The minimum Gasteiger partial charge on any atom is -0.300 e. The summed E-state index contributed by atoms with van der Waals surface area (Å²) >= 11 is 16.2. The highest BCUT2D eigenvalue weighted by molar-refractivity contribution is 8.01. The number of halogens is 2. The van der Waals surface area contributed by atoms with Crippen LogP contribution in [0.4, 0.5) is 5.13 Å². The van der Waals surface area contributed by atoms with Crippen LogP contribution in [0.1, 0.15) is 0 Å². The Hall–Kier alpha value is -1.19. The molecule has 3 aromatic rings. The number of thioether (sulfide) groups is 1. The van der Waals surface area contributed by atoms with Crippen molar-refractivity contribution < 1.29 is 4.79 Å². The maximum Gasteiger partial charge on any atom is 0.236 e. The Morgan fingerprint density at radius 1 is 1.30 bits per heavy atom. The summed E-state index contributed by atoms with van der Waals surface area (Å²) in [5, 5.41) is 13.6. The zero-order valence-corrected chi connectivity index (χ0v) is 15.3. The van der Waals surface area contributed by atoms with Gasteiger partial charge in [-0.1, -0.05) is 46.3 Å². The average molecular weight is 403 g/mol. The van der Waals surface area contributed by atoms with E-state index in [1.54, 1.807) is 17.6 Å². The van der Waals surface area contributed by atoms with E-state index in [2.05, 4.69) is 20.5 Å². The molecule has 10 heteroatoms. The molecule has 0 saturated heterocycles. The lowest BCUT2D eigenvalue weighted by atomic mass is 10.2. The van der Waals surface area contributed by atoms with Crippen molar-refractivity contribution in [2.45, 2.75) is 4.34 Å². The maximum absolute atomic E-state index is 11.8. The van der Waals surface area contributed by atoms with E-state index in [1.165, 1.54) is 34.4 Å². The monoisotopic (exact) mass is 402 g/mol. The van der Waals surface area contributed by atoms with Crippen molar-refractivity contribution in [1.29, 1.82) is 0 Å². The second-order valence-corrected chi connectivity index (χ2v) is 7.96. The van der Waals surface area contributed by atoms with Gasteiger partial charge in [0.05, 0.1) is 16.5 Å². The van der Waals surface area contributed by atoms with E-state index in [4.69, 9.17) is 23.2 Å². The first kappa shape index (κ1) is 16.7. The summed E-state index contributed by atoms with van der Waals surface area (Å²) in [4.78, 5) is 16.3. The first-order valence-electron chi connectivity index (χ1n) is 6.21. The van der Waals surface area contributed by atoms with Gasteiger partial charge in [0, 0.05) is 16.0 Å². The maximum atomic E-state index is 11.8. The van der Waals surface area contributed by atoms with E-state index in [0.29, 0.717) is 15.2 Å². The summed E-state index contributed by atoms with van der Waals surface area (Å²) in [5.41, 5.74) is 3.15. The predicted octanol–water partition coefficient (Wildman–Crippen LogP) is 4.70. The number of carbonyl (C=O) groups is 1. The number of hydrogen-bond donors (Lipinski definition) is 1. The molecule has 23 heavy (non-hydrogen) atoms. The Balaban J connectivity index is 1.62. The number of nitrogens with one attached hydrogen (secondary N) is 1. The topological polar surface area (TPSA) is 67.8 Å². The summed E-state index contributed by atoms with van der Waals surface area (Å²) in [6.07, 6.45) is 0. The highest BCUT2D eigenvalue weighted by Gasteiger charge is 2.11. The molecule has 3 rings (SSSR count). The molecule has 0 bridgehead atoms. The van der Waals surface area contributed by atoms with Crippen molar-refractivity contribution in [3.63, 3.8) is 0 Å². The number of carbonyl (C=O) groups excluding carboxylic acids is 1. The molecular weight excluding hydrogens is 395 g/mol. The number of amides is 1. The van der Waals surface area contributed by atoms with Gasteiger partial charge in [-0.3, -0.25) is 10.1 Å².